The van der Waals surface area contributed by atoms with Crippen LogP contribution in [0.4, 0.5) is 5.69 Å². The highest BCUT2D eigenvalue weighted by molar-refractivity contribution is 6.07. The van der Waals surface area contributed by atoms with E-state index in [0.29, 0.717) is 17.2 Å². The van der Waals surface area contributed by atoms with Gasteiger partial charge in [0.1, 0.15) is 0 Å². The summed E-state index contributed by atoms with van der Waals surface area (Å²) in [6.07, 6.45) is 21.0. The normalized spacial score (nSPS) is 24.8. The molecule has 0 amide bonds. The van der Waals surface area contributed by atoms with Crippen LogP contribution in [0.25, 0.3) is 0 Å². The van der Waals surface area contributed by atoms with E-state index in [4.69, 9.17) is 17.8 Å². The summed E-state index contributed by atoms with van der Waals surface area (Å²) >= 11 is 0. The van der Waals surface area contributed by atoms with Crippen molar-refractivity contribution in [2.75, 3.05) is 0 Å². The van der Waals surface area contributed by atoms with Crippen molar-refractivity contribution in [3.8, 4) is 24.7 Å². The third-order valence-corrected chi connectivity index (χ3v) is 6.30. The van der Waals surface area contributed by atoms with Crippen LogP contribution >= 0.6 is 0 Å². The molecule has 1 nitrogen and oxygen atoms in total. The van der Waals surface area contributed by atoms with Crippen LogP contribution in [0.3, 0.4) is 0 Å². The Morgan fingerprint density at radius 1 is 1.13 bits per heavy atom. The number of aryl methyl sites for hydroxylation is 1. The van der Waals surface area contributed by atoms with Crippen LogP contribution < -0.4 is 0 Å². The van der Waals surface area contributed by atoms with Gasteiger partial charge < -0.3 is 0 Å². The Morgan fingerprint density at radius 3 is 2.45 bits per heavy atom. The van der Waals surface area contributed by atoms with E-state index in [-0.39, 0.29) is 11.3 Å². The highest BCUT2D eigenvalue weighted by Gasteiger charge is 2.52. The number of nitrogens with zero attached hydrogens (tertiary/aromatic N) is 1. The van der Waals surface area contributed by atoms with Gasteiger partial charge in [-0.1, -0.05) is 66.8 Å². The molecule has 2 aliphatic carbocycles. The van der Waals surface area contributed by atoms with Crippen molar-refractivity contribution in [2.24, 2.45) is 10.9 Å². The number of rotatable bonds is 4. The van der Waals surface area contributed by atoms with Crippen molar-refractivity contribution in [1.82, 2.24) is 0 Å². The summed E-state index contributed by atoms with van der Waals surface area (Å²) in [7, 11) is 0. The van der Waals surface area contributed by atoms with Gasteiger partial charge in [0.2, 0.25) is 0 Å². The second-order valence-electron chi connectivity index (χ2n) is 8.62. The Balaban J connectivity index is 1.73. The Hall–Kier alpha value is -3.29. The lowest BCUT2D eigenvalue weighted by Gasteiger charge is -2.15. The van der Waals surface area contributed by atoms with Gasteiger partial charge in [-0.3, -0.25) is 4.99 Å². The first-order valence-corrected chi connectivity index (χ1v) is 10.5. The van der Waals surface area contributed by atoms with Crippen molar-refractivity contribution in [1.29, 1.82) is 0 Å². The first-order chi connectivity index (χ1) is 14.9. The predicted octanol–water partition coefficient (Wildman–Crippen LogP) is 6.46. The molecule has 3 radical (unpaired) electrons. The molecule has 0 N–H and O–H groups in total. The van der Waals surface area contributed by atoms with Crippen LogP contribution in [-0.4, -0.2) is 5.71 Å². The van der Waals surface area contributed by atoms with Gasteiger partial charge in [0.05, 0.1) is 11.3 Å². The summed E-state index contributed by atoms with van der Waals surface area (Å²) in [5.74, 6) is 6.22. The van der Waals surface area contributed by atoms with E-state index in [9.17, 15) is 0 Å². The molecule has 0 aliphatic heterocycles. The maximum absolute atomic E-state index is 5.86. The maximum Gasteiger partial charge on any atom is 0.0793 e. The summed E-state index contributed by atoms with van der Waals surface area (Å²) in [5.41, 5.74) is 7.28. The van der Waals surface area contributed by atoms with E-state index in [0.717, 1.165) is 28.8 Å². The van der Waals surface area contributed by atoms with Gasteiger partial charge in [-0.05, 0) is 74.3 Å². The third-order valence-electron chi connectivity index (χ3n) is 6.30. The minimum Gasteiger partial charge on any atom is -0.252 e. The molecule has 0 saturated heterocycles. The summed E-state index contributed by atoms with van der Waals surface area (Å²) in [6, 6.07) is 12.5. The molecule has 2 aromatic carbocycles. The fourth-order valence-corrected chi connectivity index (χ4v) is 4.18. The molecule has 1 saturated carbocycles. The van der Waals surface area contributed by atoms with Gasteiger partial charge in [0.25, 0.3) is 0 Å². The van der Waals surface area contributed by atoms with E-state index in [1.54, 1.807) is 0 Å². The molecule has 2 aliphatic rings. The van der Waals surface area contributed by atoms with Gasteiger partial charge in [0, 0.05) is 16.7 Å². The van der Waals surface area contributed by atoms with Crippen molar-refractivity contribution in [2.45, 2.75) is 31.6 Å². The van der Waals surface area contributed by atoms with E-state index in [1.807, 2.05) is 12.1 Å². The van der Waals surface area contributed by atoms with Crippen LogP contribution in [0.5, 0.6) is 0 Å². The second kappa shape index (κ2) is 8.09. The zero-order chi connectivity index (χ0) is 22.2. The summed E-state index contributed by atoms with van der Waals surface area (Å²) in [4.78, 5) is 4.79. The first kappa shape index (κ1) is 21.0. The van der Waals surface area contributed by atoms with E-state index < -0.39 is 0 Å². The number of aliphatic imine (C=N–C) groups is 1. The van der Waals surface area contributed by atoms with Crippen LogP contribution in [0, 0.1) is 57.8 Å². The van der Waals surface area contributed by atoms with Gasteiger partial charge in [-0.2, -0.15) is 0 Å². The van der Waals surface area contributed by atoms with Crippen LogP contribution in [-0.2, 0) is 5.41 Å². The van der Waals surface area contributed by atoms with E-state index in [2.05, 4.69) is 88.5 Å². The quantitative estimate of drug-likeness (QED) is 0.412. The van der Waals surface area contributed by atoms with Crippen molar-refractivity contribution < 1.29 is 0 Å². The molecule has 0 bridgehead atoms. The highest BCUT2D eigenvalue weighted by atomic mass is 14.8. The zero-order valence-electron chi connectivity index (χ0n) is 18.2. The summed E-state index contributed by atoms with van der Waals surface area (Å²) in [5, 5.41) is 0. The molecule has 3 atom stereocenters. The molecule has 0 aromatic heterocycles. The lowest BCUT2D eigenvalue weighted by molar-refractivity contribution is 0.834. The molecule has 1 heteroatoms. The predicted molar refractivity (Wildman–Crippen MR) is 131 cm³/mol. The SMILES string of the molecule is C#Cc1cc(C#C)c(C2CC2([CH2])c2ccc(C)cc2)cc1N=C([CH2])C1=C[CH]C(C)C=C1. The molecule has 0 heterocycles. The summed E-state index contributed by atoms with van der Waals surface area (Å²) < 4.78 is 0. The maximum atomic E-state index is 5.86. The molecule has 1 fully saturated rings. The van der Waals surface area contributed by atoms with Crippen molar-refractivity contribution in [3.63, 3.8) is 0 Å². The number of terminal acetylenes is 2. The van der Waals surface area contributed by atoms with Gasteiger partial charge >= 0.3 is 0 Å². The number of allylic oxidation sites excluding steroid dienone is 4. The van der Waals surface area contributed by atoms with Crippen molar-refractivity contribution in [3.05, 3.63) is 108 Å². The molecular weight excluding hydrogens is 374 g/mol. The van der Waals surface area contributed by atoms with Crippen LogP contribution in [0.2, 0.25) is 0 Å². The second-order valence-corrected chi connectivity index (χ2v) is 8.62. The van der Waals surface area contributed by atoms with Gasteiger partial charge in [-0.15, -0.1) is 12.8 Å². The number of hydrogen-bond donors (Lipinski definition) is 0. The van der Waals surface area contributed by atoms with Crippen LogP contribution in [0.15, 0.2) is 65.2 Å². The van der Waals surface area contributed by atoms with E-state index >= 15 is 0 Å². The van der Waals surface area contributed by atoms with Crippen LogP contribution in [0.1, 0.15) is 47.1 Å². The lowest BCUT2D eigenvalue weighted by Crippen LogP contribution is -2.06. The summed E-state index contributed by atoms with van der Waals surface area (Å²) in [6.45, 7) is 12.9. The Labute approximate surface area is 187 Å². The topological polar surface area (TPSA) is 12.4 Å². The molecule has 3 unspecified atom stereocenters. The minimum atomic E-state index is -0.176. The lowest BCUT2D eigenvalue weighted by atomic mass is 9.89. The minimum absolute atomic E-state index is 0.176. The molecular formula is C30H26N. The molecule has 2 aromatic rings. The Kier molecular flexibility index (Phi) is 5.47. The fourth-order valence-electron chi connectivity index (χ4n) is 4.18. The van der Waals surface area contributed by atoms with Gasteiger partial charge in [0.15, 0.2) is 0 Å². The molecule has 31 heavy (non-hydrogen) atoms. The molecule has 4 rings (SSSR count). The van der Waals surface area contributed by atoms with E-state index in [1.165, 1.54) is 11.1 Å². The standard InChI is InChI=1S/C30H26N/c1-7-23-17-24(8-2)29(31-22(5)25-13-9-20(3)10-14-25)18-27(23)28-19-30(28,6)26-15-11-21(4)12-16-26/h1-2,9-18,20,28H,5-6,19H2,3-4H3. The number of benzene rings is 2. The molecule has 0 spiro atoms. The Bertz CT molecular complexity index is 1190. The Morgan fingerprint density at radius 2 is 1.84 bits per heavy atom. The monoisotopic (exact) mass is 400 g/mol. The zero-order valence-corrected chi connectivity index (χ0v) is 18.2. The molecule has 151 valence electrons. The average molecular weight is 401 g/mol. The largest absolute Gasteiger partial charge is 0.252 e. The number of hydrogen-bond acceptors (Lipinski definition) is 1. The smallest absolute Gasteiger partial charge is 0.0793 e. The average Bonchev–Trinajstić information content (AvgIpc) is 3.46. The van der Waals surface area contributed by atoms with Gasteiger partial charge in [-0.25, -0.2) is 0 Å². The van der Waals surface area contributed by atoms with Crippen molar-refractivity contribution >= 4 is 11.4 Å². The highest BCUT2D eigenvalue weighted by Crippen LogP contribution is 2.61. The first-order valence-electron chi connectivity index (χ1n) is 10.5. The third kappa shape index (κ3) is 4.02. The fraction of sp³-hybridized carbons (Fsp3) is 0.200.